The summed E-state index contributed by atoms with van der Waals surface area (Å²) in [5.41, 5.74) is 2.27. The van der Waals surface area contributed by atoms with Crippen LogP contribution in [-0.4, -0.2) is 10.2 Å². The maximum Gasteiger partial charge on any atom is 0.248 e. The molecule has 0 amide bonds. The first-order valence-electron chi connectivity index (χ1n) is 9.63. The fraction of sp³-hybridized carbons (Fsp3) is 0. The van der Waals surface area contributed by atoms with Gasteiger partial charge in [0, 0.05) is 11.6 Å². The standard InChI is InChI=1S/C26H14N4O/c27-15-20-10-9-19(14-21(20)16-28)26-30-29-25(31-26)12-11-24-22-7-3-1-5-17(22)13-18-6-2-4-8-23(18)24/h1-14H/b12-11+. The number of nitriles is 2. The lowest BCUT2D eigenvalue weighted by atomic mass is 9.96. The van der Waals surface area contributed by atoms with Gasteiger partial charge in [0.25, 0.3) is 0 Å². The van der Waals surface area contributed by atoms with E-state index in [1.54, 1.807) is 24.3 Å². The number of aromatic nitrogens is 2. The van der Waals surface area contributed by atoms with Gasteiger partial charge < -0.3 is 4.42 Å². The highest BCUT2D eigenvalue weighted by atomic mass is 16.4. The minimum Gasteiger partial charge on any atom is -0.417 e. The normalized spacial score (nSPS) is 11.0. The number of benzene rings is 4. The molecule has 1 heterocycles. The highest BCUT2D eigenvalue weighted by molar-refractivity contribution is 6.07. The van der Waals surface area contributed by atoms with Crippen molar-refractivity contribution < 1.29 is 4.42 Å². The average molecular weight is 398 g/mol. The Labute approximate surface area is 178 Å². The maximum absolute atomic E-state index is 9.23. The fourth-order valence-electron chi connectivity index (χ4n) is 3.67. The van der Waals surface area contributed by atoms with Crippen LogP contribution in [0, 0.1) is 22.7 Å². The molecule has 0 saturated carbocycles. The van der Waals surface area contributed by atoms with Crippen molar-refractivity contribution >= 4 is 33.7 Å². The predicted molar refractivity (Wildman–Crippen MR) is 120 cm³/mol. The summed E-state index contributed by atoms with van der Waals surface area (Å²) in [6, 6.07) is 27.6. The zero-order valence-electron chi connectivity index (χ0n) is 16.3. The molecule has 0 aliphatic rings. The lowest BCUT2D eigenvalue weighted by Crippen LogP contribution is -1.85. The van der Waals surface area contributed by atoms with Crippen LogP contribution in [0.1, 0.15) is 22.6 Å². The van der Waals surface area contributed by atoms with E-state index < -0.39 is 0 Å². The van der Waals surface area contributed by atoms with Gasteiger partial charge in [-0.15, -0.1) is 10.2 Å². The largest absolute Gasteiger partial charge is 0.417 e. The molecule has 5 nitrogen and oxygen atoms in total. The fourth-order valence-corrected chi connectivity index (χ4v) is 3.67. The Morgan fingerprint density at radius 1 is 0.710 bits per heavy atom. The van der Waals surface area contributed by atoms with Gasteiger partial charge in [0.1, 0.15) is 12.1 Å². The summed E-state index contributed by atoms with van der Waals surface area (Å²) in [5, 5.41) is 31.1. The summed E-state index contributed by atoms with van der Waals surface area (Å²) in [6.07, 6.45) is 3.78. The number of rotatable bonds is 3. The third-order valence-corrected chi connectivity index (χ3v) is 5.15. The first-order valence-corrected chi connectivity index (χ1v) is 9.63. The van der Waals surface area contributed by atoms with Crippen LogP contribution < -0.4 is 0 Å². The van der Waals surface area contributed by atoms with Crippen molar-refractivity contribution in [2.45, 2.75) is 0 Å². The van der Waals surface area contributed by atoms with Crippen molar-refractivity contribution in [1.29, 1.82) is 10.5 Å². The van der Waals surface area contributed by atoms with Crippen molar-refractivity contribution in [3.8, 4) is 23.6 Å². The van der Waals surface area contributed by atoms with Crippen LogP contribution in [0.15, 0.2) is 77.2 Å². The Bertz CT molecular complexity index is 1510. The van der Waals surface area contributed by atoms with E-state index in [1.165, 1.54) is 0 Å². The Morgan fingerprint density at radius 3 is 2.06 bits per heavy atom. The monoisotopic (exact) mass is 398 g/mol. The molecule has 1 aromatic heterocycles. The molecule has 0 spiro atoms. The second kappa shape index (κ2) is 7.59. The van der Waals surface area contributed by atoms with Crippen molar-refractivity contribution in [2.75, 3.05) is 0 Å². The van der Waals surface area contributed by atoms with Crippen LogP contribution in [0.4, 0.5) is 0 Å². The zero-order chi connectivity index (χ0) is 21.2. The summed E-state index contributed by atoms with van der Waals surface area (Å²) in [4.78, 5) is 0. The lowest BCUT2D eigenvalue weighted by Gasteiger charge is -2.08. The van der Waals surface area contributed by atoms with E-state index in [0.717, 1.165) is 27.1 Å². The van der Waals surface area contributed by atoms with E-state index in [1.807, 2.05) is 42.5 Å². The smallest absolute Gasteiger partial charge is 0.248 e. The summed E-state index contributed by atoms with van der Waals surface area (Å²) in [6.45, 7) is 0. The molecule has 0 aliphatic carbocycles. The number of nitrogens with zero attached hydrogens (tertiary/aromatic N) is 4. The molecule has 0 saturated heterocycles. The highest BCUT2D eigenvalue weighted by Crippen LogP contribution is 2.30. The molecule has 5 heteroatoms. The van der Waals surface area contributed by atoms with Crippen LogP contribution in [0.3, 0.4) is 0 Å². The van der Waals surface area contributed by atoms with E-state index in [-0.39, 0.29) is 5.56 Å². The minimum absolute atomic E-state index is 0.275. The third kappa shape index (κ3) is 3.31. The van der Waals surface area contributed by atoms with Crippen molar-refractivity contribution in [1.82, 2.24) is 10.2 Å². The van der Waals surface area contributed by atoms with Crippen LogP contribution in [0.2, 0.25) is 0 Å². The molecule has 144 valence electrons. The van der Waals surface area contributed by atoms with E-state index in [9.17, 15) is 5.26 Å². The van der Waals surface area contributed by atoms with Crippen LogP contribution in [-0.2, 0) is 0 Å². The van der Waals surface area contributed by atoms with E-state index >= 15 is 0 Å². The summed E-state index contributed by atoms with van der Waals surface area (Å²) in [5.74, 6) is 0.651. The maximum atomic E-state index is 9.23. The Morgan fingerprint density at radius 2 is 1.39 bits per heavy atom. The van der Waals surface area contributed by atoms with Gasteiger partial charge in [-0.1, -0.05) is 48.5 Å². The van der Waals surface area contributed by atoms with Crippen molar-refractivity contribution in [2.24, 2.45) is 0 Å². The van der Waals surface area contributed by atoms with Gasteiger partial charge in [-0.05, 0) is 57.4 Å². The molecule has 31 heavy (non-hydrogen) atoms. The minimum atomic E-state index is 0.275. The molecule has 0 unspecified atom stereocenters. The predicted octanol–water partition coefficient (Wildman–Crippen LogP) is 5.96. The van der Waals surface area contributed by atoms with E-state index in [2.05, 4.69) is 40.5 Å². The summed E-state index contributed by atoms with van der Waals surface area (Å²) >= 11 is 0. The van der Waals surface area contributed by atoms with E-state index in [0.29, 0.717) is 22.9 Å². The first kappa shape index (κ1) is 18.3. The average Bonchev–Trinajstić information content (AvgIpc) is 3.30. The van der Waals surface area contributed by atoms with E-state index in [4.69, 9.17) is 9.68 Å². The van der Waals surface area contributed by atoms with Gasteiger partial charge in [0.2, 0.25) is 11.8 Å². The number of hydrogen-bond donors (Lipinski definition) is 0. The van der Waals surface area contributed by atoms with Gasteiger partial charge >= 0.3 is 0 Å². The van der Waals surface area contributed by atoms with Gasteiger partial charge in [-0.3, -0.25) is 0 Å². The van der Waals surface area contributed by atoms with Crippen LogP contribution >= 0.6 is 0 Å². The lowest BCUT2D eigenvalue weighted by molar-refractivity contribution is 0.558. The number of hydrogen-bond acceptors (Lipinski definition) is 5. The molecule has 0 atom stereocenters. The second-order valence-corrected chi connectivity index (χ2v) is 7.00. The second-order valence-electron chi connectivity index (χ2n) is 7.00. The SMILES string of the molecule is N#Cc1ccc(-c2nnc(/C=C/c3c4ccccc4cc4ccccc34)o2)cc1C#N. The molecule has 0 N–H and O–H groups in total. The van der Waals surface area contributed by atoms with Crippen molar-refractivity contribution in [3.05, 3.63) is 95.4 Å². The quantitative estimate of drug-likeness (QED) is 0.350. The van der Waals surface area contributed by atoms with Gasteiger partial charge in [-0.2, -0.15) is 10.5 Å². The van der Waals surface area contributed by atoms with Gasteiger partial charge in [0.15, 0.2) is 0 Å². The molecule has 0 fully saturated rings. The molecule has 4 aromatic carbocycles. The molecule has 0 aliphatic heterocycles. The topological polar surface area (TPSA) is 86.5 Å². The highest BCUT2D eigenvalue weighted by Gasteiger charge is 2.11. The molecule has 0 bridgehead atoms. The molecular formula is C26H14N4O. The molecule has 5 aromatic rings. The molecule has 5 rings (SSSR count). The Balaban J connectivity index is 1.56. The number of fused-ring (bicyclic) bond motifs is 2. The van der Waals surface area contributed by atoms with Crippen LogP contribution in [0.5, 0.6) is 0 Å². The zero-order valence-corrected chi connectivity index (χ0v) is 16.3. The first-order chi connectivity index (χ1) is 15.3. The van der Waals surface area contributed by atoms with Gasteiger partial charge in [0.05, 0.1) is 11.1 Å². The Kier molecular flexibility index (Phi) is 4.48. The Hall–Kier alpha value is -4.74. The summed E-state index contributed by atoms with van der Waals surface area (Å²) < 4.78 is 5.79. The summed E-state index contributed by atoms with van der Waals surface area (Å²) in [7, 11) is 0. The van der Waals surface area contributed by atoms with Gasteiger partial charge in [-0.25, -0.2) is 0 Å². The molecular weight excluding hydrogens is 384 g/mol. The van der Waals surface area contributed by atoms with Crippen LogP contribution in [0.25, 0.3) is 45.2 Å². The molecule has 0 radical (unpaired) electrons. The van der Waals surface area contributed by atoms with Crippen molar-refractivity contribution in [3.63, 3.8) is 0 Å². The third-order valence-electron chi connectivity index (χ3n) is 5.15.